The maximum Gasteiger partial charge on any atom is 0.416 e. The molecule has 1 aliphatic heterocycles. The van der Waals surface area contributed by atoms with Gasteiger partial charge in [0.05, 0.1) is 16.3 Å². The zero-order valence-electron chi connectivity index (χ0n) is 19.3. The van der Waals surface area contributed by atoms with Crippen LogP contribution in [-0.4, -0.2) is 42.1 Å². The molecule has 0 saturated carbocycles. The van der Waals surface area contributed by atoms with Crippen LogP contribution in [0.25, 0.3) is 0 Å². The molecule has 0 aliphatic carbocycles. The zero-order chi connectivity index (χ0) is 25.8. The van der Waals surface area contributed by atoms with E-state index in [1.165, 1.54) is 18.3 Å². The molecule has 0 radical (unpaired) electrons. The number of alkyl halides is 3. The highest BCUT2D eigenvalue weighted by molar-refractivity contribution is 6.30. The molecule has 0 bridgehead atoms. The van der Waals surface area contributed by atoms with Crippen molar-refractivity contribution < 1.29 is 22.4 Å². The molecular weight excluding hydrogens is 496 g/mol. The number of carbonyl (C=O) groups is 1. The van der Waals surface area contributed by atoms with E-state index in [9.17, 15) is 22.4 Å². The maximum absolute atomic E-state index is 14.7. The van der Waals surface area contributed by atoms with Crippen LogP contribution in [0.1, 0.15) is 28.8 Å². The third kappa shape index (κ3) is 5.96. The normalized spacial score (nSPS) is 16.2. The molecule has 2 heterocycles. The average Bonchev–Trinajstić information content (AvgIpc) is 3.14. The van der Waals surface area contributed by atoms with Crippen molar-refractivity contribution in [3.63, 3.8) is 0 Å². The summed E-state index contributed by atoms with van der Waals surface area (Å²) in [4.78, 5) is 19.5. The van der Waals surface area contributed by atoms with Crippen molar-refractivity contribution in [2.24, 2.45) is 0 Å². The number of nitrogens with one attached hydrogen (secondary N) is 2. The predicted molar refractivity (Wildman–Crippen MR) is 129 cm³/mol. The van der Waals surface area contributed by atoms with E-state index in [4.69, 9.17) is 11.6 Å². The van der Waals surface area contributed by atoms with Crippen molar-refractivity contribution in [2.45, 2.75) is 24.6 Å². The Balaban J connectivity index is 1.91. The Labute approximate surface area is 211 Å². The Bertz CT molecular complexity index is 1180. The average molecular weight is 521 g/mol. The minimum atomic E-state index is -4.79. The smallest absolute Gasteiger partial charge is 0.323 e. The lowest BCUT2D eigenvalue weighted by molar-refractivity contribution is -0.137. The molecule has 2 aromatic carbocycles. The van der Waals surface area contributed by atoms with E-state index in [-0.39, 0.29) is 17.7 Å². The molecule has 3 aromatic rings. The van der Waals surface area contributed by atoms with Gasteiger partial charge in [0.25, 0.3) is 0 Å². The molecule has 4 rings (SSSR count). The number of aromatic nitrogens is 1. The monoisotopic (exact) mass is 520 g/mol. The van der Waals surface area contributed by atoms with Gasteiger partial charge in [-0.1, -0.05) is 41.9 Å². The summed E-state index contributed by atoms with van der Waals surface area (Å²) in [5.74, 6) is -1.07. The summed E-state index contributed by atoms with van der Waals surface area (Å²) >= 11 is 6.05. The van der Waals surface area contributed by atoms with Crippen molar-refractivity contribution in [3.8, 4) is 0 Å². The highest BCUT2D eigenvalue weighted by atomic mass is 35.5. The van der Waals surface area contributed by atoms with Gasteiger partial charge < -0.3 is 15.5 Å². The van der Waals surface area contributed by atoms with Crippen LogP contribution < -0.4 is 10.6 Å². The summed E-state index contributed by atoms with van der Waals surface area (Å²) in [5.41, 5.74) is -1.90. The first-order chi connectivity index (χ1) is 17.2. The van der Waals surface area contributed by atoms with E-state index >= 15 is 0 Å². The van der Waals surface area contributed by atoms with Crippen molar-refractivity contribution in [1.29, 1.82) is 0 Å². The van der Waals surface area contributed by atoms with E-state index in [0.717, 1.165) is 25.1 Å². The van der Waals surface area contributed by atoms with Gasteiger partial charge in [0.2, 0.25) is 0 Å². The fraction of sp³-hybridized carbons (Fsp3) is 0.308. The second-order valence-corrected chi connectivity index (χ2v) is 9.11. The van der Waals surface area contributed by atoms with E-state index in [2.05, 4.69) is 15.6 Å². The van der Waals surface area contributed by atoms with E-state index in [0.29, 0.717) is 36.3 Å². The number of carbonyl (C=O) groups excluding carboxylic acids is 1. The van der Waals surface area contributed by atoms with Gasteiger partial charge in [0.15, 0.2) is 0 Å². The molecule has 1 atom stereocenters. The molecule has 1 fully saturated rings. The first kappa shape index (κ1) is 25.9. The first-order valence-electron chi connectivity index (χ1n) is 11.5. The quantitative estimate of drug-likeness (QED) is 0.444. The lowest BCUT2D eigenvalue weighted by Gasteiger charge is -2.37. The molecule has 36 heavy (non-hydrogen) atoms. The summed E-state index contributed by atoms with van der Waals surface area (Å²) in [5, 5.41) is 6.48. The molecule has 1 aromatic heterocycles. The summed E-state index contributed by atoms with van der Waals surface area (Å²) in [6, 6.07) is 13.9. The SMILES string of the molecule is O=C(NC(Cc1ccccc1)(c1cc(F)cc(C(F)(F)F)c1)c1ccc(Cl)cn1)N1CCCNCC1. The number of nitrogens with zero attached hydrogens (tertiary/aromatic N) is 2. The molecule has 10 heteroatoms. The number of halogens is 5. The van der Waals surface area contributed by atoms with Crippen molar-refractivity contribution in [1.82, 2.24) is 20.5 Å². The van der Waals surface area contributed by atoms with Crippen molar-refractivity contribution in [3.05, 3.63) is 100 Å². The number of amides is 2. The Morgan fingerprint density at radius 2 is 1.78 bits per heavy atom. The van der Waals surface area contributed by atoms with Crippen LogP contribution in [-0.2, 0) is 18.1 Å². The van der Waals surface area contributed by atoms with Gasteiger partial charge >= 0.3 is 12.2 Å². The Kier molecular flexibility index (Phi) is 7.80. The van der Waals surface area contributed by atoms with Crippen LogP contribution in [0, 0.1) is 5.82 Å². The van der Waals surface area contributed by atoms with Crippen LogP contribution in [0.15, 0.2) is 66.9 Å². The number of hydrogen-bond donors (Lipinski definition) is 2. The minimum Gasteiger partial charge on any atom is -0.323 e. The Morgan fingerprint density at radius 3 is 2.47 bits per heavy atom. The Hall–Kier alpha value is -3.17. The van der Waals surface area contributed by atoms with Gasteiger partial charge in [0, 0.05) is 32.3 Å². The van der Waals surface area contributed by atoms with Crippen LogP contribution in [0.3, 0.4) is 0 Å². The summed E-state index contributed by atoms with van der Waals surface area (Å²) in [7, 11) is 0. The molecule has 5 nitrogen and oxygen atoms in total. The third-order valence-electron chi connectivity index (χ3n) is 6.14. The largest absolute Gasteiger partial charge is 0.416 e. The van der Waals surface area contributed by atoms with Gasteiger partial charge in [-0.3, -0.25) is 4.98 Å². The van der Waals surface area contributed by atoms with Gasteiger partial charge in [-0.15, -0.1) is 0 Å². The van der Waals surface area contributed by atoms with Crippen LogP contribution in [0.2, 0.25) is 5.02 Å². The Morgan fingerprint density at radius 1 is 1.03 bits per heavy atom. The number of rotatable bonds is 5. The van der Waals surface area contributed by atoms with Gasteiger partial charge in [-0.25, -0.2) is 9.18 Å². The third-order valence-corrected chi connectivity index (χ3v) is 6.37. The molecule has 1 unspecified atom stereocenters. The topological polar surface area (TPSA) is 57.3 Å². The van der Waals surface area contributed by atoms with Crippen LogP contribution >= 0.6 is 11.6 Å². The summed E-state index contributed by atoms with van der Waals surface area (Å²) < 4.78 is 55.8. The number of hydrogen-bond acceptors (Lipinski definition) is 3. The highest BCUT2D eigenvalue weighted by Gasteiger charge is 2.41. The zero-order valence-corrected chi connectivity index (χ0v) is 20.0. The van der Waals surface area contributed by atoms with Crippen molar-refractivity contribution in [2.75, 3.05) is 26.2 Å². The minimum absolute atomic E-state index is 0.0288. The summed E-state index contributed by atoms with van der Waals surface area (Å²) in [6.45, 7) is 2.20. The number of benzene rings is 2. The first-order valence-corrected chi connectivity index (χ1v) is 11.9. The lowest BCUT2D eigenvalue weighted by Crippen LogP contribution is -2.54. The fourth-order valence-corrected chi connectivity index (χ4v) is 4.47. The summed E-state index contributed by atoms with van der Waals surface area (Å²) in [6.07, 6.45) is -2.69. The van der Waals surface area contributed by atoms with E-state index < -0.39 is 29.1 Å². The molecule has 0 spiro atoms. The number of pyridine rings is 1. The fourth-order valence-electron chi connectivity index (χ4n) is 4.36. The predicted octanol–water partition coefficient (Wildman–Crippen LogP) is 5.38. The number of urea groups is 1. The van der Waals surface area contributed by atoms with Crippen molar-refractivity contribution >= 4 is 17.6 Å². The molecule has 190 valence electrons. The van der Waals surface area contributed by atoms with Crippen LogP contribution in [0.5, 0.6) is 0 Å². The van der Waals surface area contributed by atoms with Gasteiger partial charge in [-0.05, 0) is 54.4 Å². The molecular formula is C26H25ClF4N4O. The second-order valence-electron chi connectivity index (χ2n) is 8.68. The van der Waals surface area contributed by atoms with E-state index in [1.807, 2.05) is 0 Å². The van der Waals surface area contributed by atoms with Gasteiger partial charge in [-0.2, -0.15) is 13.2 Å². The lowest BCUT2D eigenvalue weighted by atomic mass is 9.79. The van der Waals surface area contributed by atoms with E-state index in [1.54, 1.807) is 35.2 Å². The standard InChI is InChI=1S/C26H25ClF4N4O/c27-21-7-8-23(33-17-21)25(16-18-5-2-1-3-6-18,34-24(36)35-11-4-9-32-10-12-35)19-13-20(26(29,30)31)15-22(28)14-19/h1-3,5-8,13-15,17,32H,4,9-12,16H2,(H,34,36). The maximum atomic E-state index is 14.7. The molecule has 1 saturated heterocycles. The molecule has 1 aliphatic rings. The molecule has 2 N–H and O–H groups in total. The van der Waals surface area contributed by atoms with Crippen LogP contribution in [0.4, 0.5) is 22.4 Å². The highest BCUT2D eigenvalue weighted by Crippen LogP contribution is 2.38. The second kappa shape index (κ2) is 10.8. The molecule has 2 amide bonds. The van der Waals surface area contributed by atoms with Gasteiger partial charge in [0.1, 0.15) is 11.4 Å².